The van der Waals surface area contributed by atoms with Crippen LogP contribution in [0.1, 0.15) is 0 Å². The number of hydrogen-bond acceptors (Lipinski definition) is 2. The van der Waals surface area contributed by atoms with Crippen LogP contribution in [0.25, 0.3) is 0 Å². The fraction of sp³-hybridized carbons (Fsp3) is 0.0714. The molecule has 116 valence electrons. The molecule has 2 amide bonds. The van der Waals surface area contributed by atoms with Gasteiger partial charge in [0.2, 0.25) is 0 Å². The van der Waals surface area contributed by atoms with Gasteiger partial charge in [0, 0.05) is 5.02 Å². The molecule has 0 bridgehead atoms. The Hall–Kier alpha value is -1.33. The molecule has 8 heteroatoms. The first-order valence-electron chi connectivity index (χ1n) is 6.04. The summed E-state index contributed by atoms with van der Waals surface area (Å²) in [5.74, 6) is 0.405. The van der Waals surface area contributed by atoms with Gasteiger partial charge < -0.3 is 15.4 Å². The maximum absolute atomic E-state index is 11.8. The zero-order valence-electron chi connectivity index (χ0n) is 11.0. The Labute approximate surface area is 147 Å². The molecule has 0 unspecified atom stereocenters. The Bertz CT molecular complexity index is 674. The molecule has 0 aromatic heterocycles. The maximum atomic E-state index is 11.8. The van der Waals surface area contributed by atoms with Crippen molar-refractivity contribution in [2.45, 2.75) is 0 Å². The van der Waals surface area contributed by atoms with E-state index in [-0.39, 0.29) is 6.73 Å². The van der Waals surface area contributed by atoms with Crippen molar-refractivity contribution in [3.8, 4) is 5.75 Å². The van der Waals surface area contributed by atoms with Crippen molar-refractivity contribution >= 4 is 58.1 Å². The first-order chi connectivity index (χ1) is 10.5. The van der Waals surface area contributed by atoms with Crippen molar-refractivity contribution in [3.63, 3.8) is 0 Å². The Morgan fingerprint density at radius 2 is 1.68 bits per heavy atom. The highest BCUT2D eigenvalue weighted by atomic mass is 35.5. The number of rotatable bonds is 4. The van der Waals surface area contributed by atoms with Gasteiger partial charge in [-0.1, -0.05) is 52.5 Å². The van der Waals surface area contributed by atoms with Gasteiger partial charge in [0.15, 0.2) is 6.73 Å². The fourth-order valence-corrected chi connectivity index (χ4v) is 2.50. The first-order valence-corrected chi connectivity index (χ1v) is 7.55. The molecule has 0 aliphatic heterocycles. The lowest BCUT2D eigenvalue weighted by Gasteiger charge is -2.12. The van der Waals surface area contributed by atoms with Gasteiger partial charge in [-0.25, -0.2) is 4.79 Å². The summed E-state index contributed by atoms with van der Waals surface area (Å²) in [6, 6.07) is 9.18. The van der Waals surface area contributed by atoms with Crippen molar-refractivity contribution in [2.24, 2.45) is 0 Å². The largest absolute Gasteiger partial charge is 0.472 e. The smallest absolute Gasteiger partial charge is 0.321 e. The summed E-state index contributed by atoms with van der Waals surface area (Å²) >= 11 is 23.6. The SMILES string of the molecule is O=C(NCOc1ccc(Cl)cc1Cl)Nc1c(Cl)cccc1Cl. The minimum atomic E-state index is -0.514. The summed E-state index contributed by atoms with van der Waals surface area (Å²) in [4.78, 5) is 11.8. The molecule has 0 saturated carbocycles. The van der Waals surface area contributed by atoms with E-state index in [0.29, 0.717) is 31.5 Å². The number of amides is 2. The van der Waals surface area contributed by atoms with E-state index >= 15 is 0 Å². The van der Waals surface area contributed by atoms with Crippen LogP contribution in [0.5, 0.6) is 5.75 Å². The van der Waals surface area contributed by atoms with Gasteiger partial charge in [-0.15, -0.1) is 0 Å². The normalized spacial score (nSPS) is 10.2. The van der Waals surface area contributed by atoms with Crippen molar-refractivity contribution in [3.05, 3.63) is 56.5 Å². The number of anilines is 1. The van der Waals surface area contributed by atoms with Gasteiger partial charge in [0.05, 0.1) is 20.8 Å². The quantitative estimate of drug-likeness (QED) is 0.693. The van der Waals surface area contributed by atoms with Gasteiger partial charge in [-0.05, 0) is 30.3 Å². The number of ether oxygens (including phenoxy) is 1. The molecule has 0 aliphatic rings. The van der Waals surface area contributed by atoms with Crippen molar-refractivity contribution in [1.29, 1.82) is 0 Å². The number of hydrogen-bond donors (Lipinski definition) is 2. The van der Waals surface area contributed by atoms with E-state index in [9.17, 15) is 4.79 Å². The summed E-state index contributed by atoms with van der Waals surface area (Å²) < 4.78 is 5.33. The summed E-state index contributed by atoms with van der Waals surface area (Å²) in [5, 5.41) is 6.56. The lowest BCUT2D eigenvalue weighted by atomic mass is 10.3. The molecule has 0 fully saturated rings. The molecule has 0 spiro atoms. The average Bonchev–Trinajstić information content (AvgIpc) is 2.45. The third-order valence-corrected chi connectivity index (χ3v) is 3.72. The third-order valence-electron chi connectivity index (χ3n) is 2.56. The third kappa shape index (κ3) is 4.58. The highest BCUT2D eigenvalue weighted by Crippen LogP contribution is 2.30. The summed E-state index contributed by atoms with van der Waals surface area (Å²) in [7, 11) is 0. The molecule has 2 aromatic rings. The second-order valence-electron chi connectivity index (χ2n) is 4.09. The van der Waals surface area contributed by atoms with Crippen LogP contribution in [-0.4, -0.2) is 12.8 Å². The molecule has 2 aromatic carbocycles. The molecular weight excluding hydrogens is 370 g/mol. The van der Waals surface area contributed by atoms with Crippen LogP contribution < -0.4 is 15.4 Å². The van der Waals surface area contributed by atoms with Crippen LogP contribution in [0.4, 0.5) is 10.5 Å². The second kappa shape index (κ2) is 7.79. The Morgan fingerprint density at radius 3 is 2.32 bits per heavy atom. The van der Waals surface area contributed by atoms with Gasteiger partial charge >= 0.3 is 6.03 Å². The highest BCUT2D eigenvalue weighted by molar-refractivity contribution is 6.39. The molecule has 0 atom stereocenters. The lowest BCUT2D eigenvalue weighted by Crippen LogP contribution is -2.32. The monoisotopic (exact) mass is 378 g/mol. The number of para-hydroxylation sites is 1. The zero-order chi connectivity index (χ0) is 16.1. The van der Waals surface area contributed by atoms with Crippen molar-refractivity contribution in [2.75, 3.05) is 12.0 Å². The average molecular weight is 380 g/mol. The van der Waals surface area contributed by atoms with Gasteiger partial charge in [-0.3, -0.25) is 0 Å². The Morgan fingerprint density at radius 1 is 1.00 bits per heavy atom. The molecule has 2 N–H and O–H groups in total. The summed E-state index contributed by atoms with van der Waals surface area (Å²) in [6.45, 7) is -0.0880. The molecule has 22 heavy (non-hydrogen) atoms. The fourth-order valence-electron chi connectivity index (χ4n) is 1.55. The number of halogens is 4. The molecule has 0 heterocycles. The maximum Gasteiger partial charge on any atom is 0.321 e. The predicted molar refractivity (Wildman–Crippen MR) is 90.6 cm³/mol. The van der Waals surface area contributed by atoms with Crippen molar-refractivity contribution < 1.29 is 9.53 Å². The minimum absolute atomic E-state index is 0.0880. The zero-order valence-corrected chi connectivity index (χ0v) is 14.0. The van der Waals surface area contributed by atoms with E-state index in [4.69, 9.17) is 51.1 Å². The number of urea groups is 1. The molecular formula is C14H10Cl4N2O2. The van der Waals surface area contributed by atoms with Crippen LogP contribution in [-0.2, 0) is 0 Å². The summed E-state index contributed by atoms with van der Waals surface area (Å²) in [6.07, 6.45) is 0. The number of benzene rings is 2. The minimum Gasteiger partial charge on any atom is -0.472 e. The standard InChI is InChI=1S/C14H10Cl4N2O2/c15-8-4-5-12(11(18)6-8)22-7-19-14(21)20-13-9(16)2-1-3-10(13)17/h1-6H,7H2,(H2,19,20,21). The molecule has 0 radical (unpaired) electrons. The topological polar surface area (TPSA) is 50.4 Å². The van der Waals surface area contributed by atoms with E-state index in [1.165, 1.54) is 0 Å². The molecule has 2 rings (SSSR count). The van der Waals surface area contributed by atoms with Crippen LogP contribution in [0, 0.1) is 0 Å². The van der Waals surface area contributed by atoms with E-state index in [0.717, 1.165) is 0 Å². The highest BCUT2D eigenvalue weighted by Gasteiger charge is 2.09. The van der Waals surface area contributed by atoms with Crippen LogP contribution in [0.2, 0.25) is 20.1 Å². The van der Waals surface area contributed by atoms with E-state index in [1.807, 2.05) is 0 Å². The van der Waals surface area contributed by atoms with E-state index in [1.54, 1.807) is 36.4 Å². The molecule has 4 nitrogen and oxygen atoms in total. The van der Waals surface area contributed by atoms with E-state index < -0.39 is 6.03 Å². The number of nitrogens with one attached hydrogen (secondary N) is 2. The van der Waals surface area contributed by atoms with Gasteiger partial charge in [0.25, 0.3) is 0 Å². The molecule has 0 saturated heterocycles. The van der Waals surface area contributed by atoms with Crippen LogP contribution >= 0.6 is 46.4 Å². The number of carbonyl (C=O) groups excluding carboxylic acids is 1. The Balaban J connectivity index is 1.88. The predicted octanol–water partition coefficient (Wildman–Crippen LogP) is 5.46. The van der Waals surface area contributed by atoms with Crippen molar-refractivity contribution in [1.82, 2.24) is 5.32 Å². The van der Waals surface area contributed by atoms with E-state index in [2.05, 4.69) is 10.6 Å². The molecule has 0 aliphatic carbocycles. The van der Waals surface area contributed by atoms with Gasteiger partial charge in [-0.2, -0.15) is 0 Å². The summed E-state index contributed by atoms with van der Waals surface area (Å²) in [5.41, 5.74) is 0.327. The number of carbonyl (C=O) groups is 1. The van der Waals surface area contributed by atoms with Crippen LogP contribution in [0.3, 0.4) is 0 Å². The van der Waals surface area contributed by atoms with Gasteiger partial charge in [0.1, 0.15) is 5.75 Å². The lowest BCUT2D eigenvalue weighted by molar-refractivity contribution is 0.234. The Kier molecular flexibility index (Phi) is 6.03. The second-order valence-corrected chi connectivity index (χ2v) is 5.75. The first kappa shape index (κ1) is 17.0. The van der Waals surface area contributed by atoms with Crippen LogP contribution in [0.15, 0.2) is 36.4 Å².